The first-order valence-electron chi connectivity index (χ1n) is 5.16. The molecule has 16 heavy (non-hydrogen) atoms. The highest BCUT2D eigenvalue weighted by molar-refractivity contribution is 5.83. The van der Waals surface area contributed by atoms with Gasteiger partial charge in [0.1, 0.15) is 5.82 Å². The van der Waals surface area contributed by atoms with E-state index in [-0.39, 0.29) is 11.9 Å². The molecule has 0 heterocycles. The summed E-state index contributed by atoms with van der Waals surface area (Å²) < 4.78 is 12.7. The molecule has 0 aliphatic heterocycles. The molecule has 1 aromatic carbocycles. The van der Waals surface area contributed by atoms with E-state index >= 15 is 0 Å². The average molecular weight is 224 g/mol. The Morgan fingerprint density at radius 3 is 2.31 bits per heavy atom. The Bertz CT molecular complexity index is 373. The first-order chi connectivity index (χ1) is 7.33. The number of primary amides is 1. The number of benzene rings is 1. The predicted octanol–water partition coefficient (Wildman–Crippen LogP) is 1.74. The maximum atomic E-state index is 12.7. The molecule has 88 valence electrons. The van der Waals surface area contributed by atoms with E-state index in [1.54, 1.807) is 26.0 Å². The first kappa shape index (κ1) is 12.6. The summed E-state index contributed by atoms with van der Waals surface area (Å²) in [7, 11) is 0. The van der Waals surface area contributed by atoms with Crippen molar-refractivity contribution in [3.63, 3.8) is 0 Å². The van der Waals surface area contributed by atoms with Gasteiger partial charge in [0.25, 0.3) is 0 Å². The van der Waals surface area contributed by atoms with Crippen LogP contribution < -0.4 is 11.1 Å². The van der Waals surface area contributed by atoms with Crippen molar-refractivity contribution in [2.45, 2.75) is 32.4 Å². The number of carbonyl (C=O) groups excluding carboxylic acids is 1. The molecule has 1 amide bonds. The monoisotopic (exact) mass is 224 g/mol. The zero-order valence-corrected chi connectivity index (χ0v) is 9.75. The molecule has 1 aromatic rings. The molecule has 0 aliphatic carbocycles. The number of halogens is 1. The molecule has 0 saturated heterocycles. The molecule has 4 heteroatoms. The summed E-state index contributed by atoms with van der Waals surface area (Å²) in [4.78, 5) is 11.1. The Morgan fingerprint density at radius 2 is 1.88 bits per heavy atom. The molecule has 0 aliphatic rings. The fourth-order valence-corrected chi connectivity index (χ4v) is 1.45. The van der Waals surface area contributed by atoms with Crippen LogP contribution in [0.25, 0.3) is 0 Å². The lowest BCUT2D eigenvalue weighted by molar-refractivity contribution is -0.123. The summed E-state index contributed by atoms with van der Waals surface area (Å²) >= 11 is 0. The van der Waals surface area contributed by atoms with E-state index in [2.05, 4.69) is 5.32 Å². The van der Waals surface area contributed by atoms with Crippen molar-refractivity contribution in [1.29, 1.82) is 0 Å². The van der Waals surface area contributed by atoms with Crippen molar-refractivity contribution in [3.8, 4) is 0 Å². The normalized spacial score (nSPS) is 13.5. The summed E-state index contributed by atoms with van der Waals surface area (Å²) in [6.07, 6.45) is 0. The van der Waals surface area contributed by atoms with Gasteiger partial charge >= 0.3 is 0 Å². The maximum Gasteiger partial charge on any atom is 0.237 e. The van der Waals surface area contributed by atoms with Gasteiger partial charge < -0.3 is 5.73 Å². The van der Waals surface area contributed by atoms with E-state index in [1.807, 2.05) is 6.92 Å². The zero-order valence-electron chi connectivity index (χ0n) is 9.75. The van der Waals surface area contributed by atoms with Crippen LogP contribution in [-0.2, 0) is 4.79 Å². The average Bonchev–Trinajstić information content (AvgIpc) is 2.17. The third-order valence-electron chi connectivity index (χ3n) is 2.56. The number of hydrogen-bond acceptors (Lipinski definition) is 2. The van der Waals surface area contributed by atoms with Crippen molar-refractivity contribution < 1.29 is 9.18 Å². The molecule has 1 rings (SSSR count). The number of hydrogen-bond donors (Lipinski definition) is 2. The number of nitrogens with one attached hydrogen (secondary N) is 1. The van der Waals surface area contributed by atoms with E-state index in [0.29, 0.717) is 0 Å². The van der Waals surface area contributed by atoms with Gasteiger partial charge in [0, 0.05) is 6.04 Å². The van der Waals surface area contributed by atoms with Crippen molar-refractivity contribution in [1.82, 2.24) is 5.32 Å². The van der Waals surface area contributed by atoms with Gasteiger partial charge in [-0.25, -0.2) is 4.39 Å². The zero-order chi connectivity index (χ0) is 12.3. The van der Waals surface area contributed by atoms with Gasteiger partial charge in [-0.1, -0.05) is 12.1 Å². The number of amides is 1. The second-order valence-corrected chi connectivity index (χ2v) is 4.41. The van der Waals surface area contributed by atoms with Crippen LogP contribution in [0.2, 0.25) is 0 Å². The molecular weight excluding hydrogens is 207 g/mol. The summed E-state index contributed by atoms with van der Waals surface area (Å²) in [6, 6.07) is 6.09. The highest BCUT2D eigenvalue weighted by Gasteiger charge is 2.26. The van der Waals surface area contributed by atoms with Crippen molar-refractivity contribution >= 4 is 5.91 Å². The van der Waals surface area contributed by atoms with Crippen LogP contribution >= 0.6 is 0 Å². The molecule has 0 bridgehead atoms. The smallest absolute Gasteiger partial charge is 0.237 e. The Labute approximate surface area is 94.8 Å². The molecule has 3 N–H and O–H groups in total. The molecule has 0 saturated carbocycles. The SMILES string of the molecule is CC(NC(C)(C)C(N)=O)c1ccc(F)cc1. The standard InChI is InChI=1S/C12H17FN2O/c1-8(15-12(2,3)11(14)16)9-4-6-10(13)7-5-9/h4-8,15H,1-3H3,(H2,14,16). The topological polar surface area (TPSA) is 55.1 Å². The minimum atomic E-state index is -0.784. The lowest BCUT2D eigenvalue weighted by Gasteiger charge is -2.27. The lowest BCUT2D eigenvalue weighted by atomic mass is 10.0. The fourth-order valence-electron chi connectivity index (χ4n) is 1.45. The van der Waals surface area contributed by atoms with Gasteiger partial charge in [0.2, 0.25) is 5.91 Å². The first-order valence-corrected chi connectivity index (χ1v) is 5.16. The van der Waals surface area contributed by atoms with Crippen molar-refractivity contribution in [2.24, 2.45) is 5.73 Å². The molecular formula is C12H17FN2O. The van der Waals surface area contributed by atoms with E-state index < -0.39 is 11.4 Å². The molecule has 0 aromatic heterocycles. The fraction of sp³-hybridized carbons (Fsp3) is 0.417. The number of carbonyl (C=O) groups is 1. The third-order valence-corrected chi connectivity index (χ3v) is 2.56. The summed E-state index contributed by atoms with van der Waals surface area (Å²) in [5.74, 6) is -0.688. The van der Waals surface area contributed by atoms with Crippen LogP contribution in [0.5, 0.6) is 0 Å². The van der Waals surface area contributed by atoms with Crippen LogP contribution in [0.1, 0.15) is 32.4 Å². The highest BCUT2D eigenvalue weighted by Crippen LogP contribution is 2.16. The highest BCUT2D eigenvalue weighted by atomic mass is 19.1. The Hall–Kier alpha value is -1.42. The number of nitrogens with two attached hydrogens (primary N) is 1. The van der Waals surface area contributed by atoms with Gasteiger partial charge in [-0.15, -0.1) is 0 Å². The molecule has 1 unspecified atom stereocenters. The Balaban J connectivity index is 2.76. The van der Waals surface area contributed by atoms with E-state index in [4.69, 9.17) is 5.73 Å². The van der Waals surface area contributed by atoms with Gasteiger partial charge in [-0.05, 0) is 38.5 Å². The molecule has 3 nitrogen and oxygen atoms in total. The minimum Gasteiger partial charge on any atom is -0.368 e. The minimum absolute atomic E-state index is 0.0666. The van der Waals surface area contributed by atoms with E-state index in [9.17, 15) is 9.18 Å². The van der Waals surface area contributed by atoms with Crippen molar-refractivity contribution in [3.05, 3.63) is 35.6 Å². The summed E-state index contributed by atoms with van der Waals surface area (Å²) in [6.45, 7) is 5.34. The van der Waals surface area contributed by atoms with Crippen LogP contribution in [0.3, 0.4) is 0 Å². The van der Waals surface area contributed by atoms with Gasteiger partial charge in [0.05, 0.1) is 5.54 Å². The number of rotatable bonds is 4. The summed E-state index contributed by atoms with van der Waals surface area (Å²) in [5, 5.41) is 3.09. The van der Waals surface area contributed by atoms with Crippen LogP contribution in [0.15, 0.2) is 24.3 Å². The molecule has 0 spiro atoms. The maximum absolute atomic E-state index is 12.7. The molecule has 1 atom stereocenters. The molecule has 0 radical (unpaired) electrons. The van der Waals surface area contributed by atoms with Gasteiger partial charge in [-0.2, -0.15) is 0 Å². The van der Waals surface area contributed by atoms with Crippen LogP contribution in [0, 0.1) is 5.82 Å². The molecule has 0 fully saturated rings. The second kappa shape index (κ2) is 4.61. The van der Waals surface area contributed by atoms with E-state index in [0.717, 1.165) is 5.56 Å². The second-order valence-electron chi connectivity index (χ2n) is 4.41. The van der Waals surface area contributed by atoms with Gasteiger partial charge in [0.15, 0.2) is 0 Å². The van der Waals surface area contributed by atoms with E-state index in [1.165, 1.54) is 12.1 Å². The summed E-state index contributed by atoms with van der Waals surface area (Å²) in [5.41, 5.74) is 5.39. The van der Waals surface area contributed by atoms with Crippen LogP contribution in [-0.4, -0.2) is 11.4 Å². The Morgan fingerprint density at radius 1 is 1.38 bits per heavy atom. The van der Waals surface area contributed by atoms with Crippen LogP contribution in [0.4, 0.5) is 4.39 Å². The third kappa shape index (κ3) is 3.03. The quantitative estimate of drug-likeness (QED) is 0.818. The lowest BCUT2D eigenvalue weighted by Crippen LogP contribution is -2.51. The Kier molecular flexibility index (Phi) is 3.65. The predicted molar refractivity (Wildman–Crippen MR) is 61.2 cm³/mol. The largest absolute Gasteiger partial charge is 0.368 e. The van der Waals surface area contributed by atoms with Gasteiger partial charge in [-0.3, -0.25) is 10.1 Å². The van der Waals surface area contributed by atoms with Crippen molar-refractivity contribution in [2.75, 3.05) is 0 Å².